The van der Waals surface area contributed by atoms with Crippen molar-refractivity contribution in [2.45, 2.75) is 6.42 Å². The fourth-order valence-corrected chi connectivity index (χ4v) is 1.20. The second-order valence-corrected chi connectivity index (χ2v) is 3.01. The summed E-state index contributed by atoms with van der Waals surface area (Å²) in [6.07, 6.45) is 3.91. The Balaban J connectivity index is 2.04. The minimum absolute atomic E-state index is 0.201. The molecule has 0 radical (unpaired) electrons. The monoisotopic (exact) mass is 204 g/mol. The van der Waals surface area contributed by atoms with Crippen LogP contribution >= 0.6 is 0 Å². The first-order valence-electron chi connectivity index (χ1n) is 4.39. The highest BCUT2D eigenvalue weighted by molar-refractivity contribution is 6.12. The Morgan fingerprint density at radius 2 is 2.00 bits per heavy atom. The van der Waals surface area contributed by atoms with Crippen LogP contribution in [0.5, 0.6) is 0 Å². The van der Waals surface area contributed by atoms with Crippen molar-refractivity contribution in [2.24, 2.45) is 0 Å². The number of rotatable bonds is 4. The Kier molecular flexibility index (Phi) is 2.49. The van der Waals surface area contributed by atoms with Crippen LogP contribution in [0.3, 0.4) is 0 Å². The standard InChI is InChI=1S/C11H8O4/c12-9(8-3-5-14-7-8)6-10(13)11-2-1-4-15-11/h1-5,7H,6H2. The molecule has 0 aliphatic heterocycles. The highest BCUT2D eigenvalue weighted by Crippen LogP contribution is 2.09. The van der Waals surface area contributed by atoms with Crippen molar-refractivity contribution in [1.29, 1.82) is 0 Å². The zero-order chi connectivity index (χ0) is 10.7. The summed E-state index contributed by atoms with van der Waals surface area (Å²) in [5.74, 6) is -0.400. The molecule has 0 amide bonds. The SMILES string of the molecule is O=C(CC(=O)c1ccco1)c1ccoc1. The lowest BCUT2D eigenvalue weighted by molar-refractivity contribution is 0.0878. The predicted molar refractivity (Wildman–Crippen MR) is 50.7 cm³/mol. The molecule has 0 aliphatic rings. The predicted octanol–water partition coefficient (Wildman–Crippen LogP) is 2.33. The molecule has 4 nitrogen and oxygen atoms in total. The third-order valence-corrected chi connectivity index (χ3v) is 1.96. The van der Waals surface area contributed by atoms with Crippen LogP contribution in [0.1, 0.15) is 27.3 Å². The number of Topliss-reactive ketones (excluding diaryl/α,β-unsaturated/α-hetero) is 2. The molecule has 2 rings (SSSR count). The Labute approximate surface area is 85.5 Å². The third-order valence-electron chi connectivity index (χ3n) is 1.96. The van der Waals surface area contributed by atoms with E-state index in [1.165, 1.54) is 30.9 Å². The first-order chi connectivity index (χ1) is 7.27. The lowest BCUT2D eigenvalue weighted by Crippen LogP contribution is -2.06. The molecule has 2 aromatic heterocycles. The van der Waals surface area contributed by atoms with Gasteiger partial charge >= 0.3 is 0 Å². The van der Waals surface area contributed by atoms with Crippen molar-refractivity contribution in [1.82, 2.24) is 0 Å². The average Bonchev–Trinajstić information content (AvgIpc) is 2.91. The first kappa shape index (κ1) is 9.45. The van der Waals surface area contributed by atoms with Gasteiger partial charge in [0.25, 0.3) is 0 Å². The number of carbonyl (C=O) groups excluding carboxylic acids is 2. The van der Waals surface area contributed by atoms with Gasteiger partial charge in [0.1, 0.15) is 6.26 Å². The number of furan rings is 2. The lowest BCUT2D eigenvalue weighted by atomic mass is 10.1. The van der Waals surface area contributed by atoms with Gasteiger partial charge in [0.15, 0.2) is 11.5 Å². The highest BCUT2D eigenvalue weighted by Gasteiger charge is 2.16. The van der Waals surface area contributed by atoms with E-state index < -0.39 is 0 Å². The van der Waals surface area contributed by atoms with E-state index in [-0.39, 0.29) is 23.7 Å². The van der Waals surface area contributed by atoms with E-state index in [1.807, 2.05) is 0 Å². The Bertz CT molecular complexity index is 407. The quantitative estimate of drug-likeness (QED) is 0.566. The molecule has 0 unspecified atom stereocenters. The molecule has 0 aliphatic carbocycles. The minimum atomic E-state index is -0.328. The van der Waals surface area contributed by atoms with Crippen LogP contribution < -0.4 is 0 Å². The van der Waals surface area contributed by atoms with Crippen molar-refractivity contribution in [3.8, 4) is 0 Å². The van der Waals surface area contributed by atoms with Crippen LogP contribution in [-0.2, 0) is 0 Å². The van der Waals surface area contributed by atoms with Crippen LogP contribution in [0.15, 0.2) is 45.8 Å². The molecule has 76 valence electrons. The van der Waals surface area contributed by atoms with E-state index in [0.717, 1.165) is 0 Å². The fourth-order valence-electron chi connectivity index (χ4n) is 1.20. The number of hydrogen-bond donors (Lipinski definition) is 0. The van der Waals surface area contributed by atoms with Crippen molar-refractivity contribution in [3.63, 3.8) is 0 Å². The van der Waals surface area contributed by atoms with Crippen LogP contribution in [0.4, 0.5) is 0 Å². The molecule has 15 heavy (non-hydrogen) atoms. The molecule has 2 heterocycles. The first-order valence-corrected chi connectivity index (χ1v) is 4.39. The zero-order valence-corrected chi connectivity index (χ0v) is 7.80. The van der Waals surface area contributed by atoms with Gasteiger partial charge in [-0.15, -0.1) is 0 Å². The second kappa shape index (κ2) is 3.96. The van der Waals surface area contributed by atoms with Crippen molar-refractivity contribution < 1.29 is 18.4 Å². The van der Waals surface area contributed by atoms with Gasteiger partial charge < -0.3 is 8.83 Å². The second-order valence-electron chi connectivity index (χ2n) is 3.01. The molecule has 2 aromatic rings. The summed E-state index contributed by atoms with van der Waals surface area (Å²) < 4.78 is 9.64. The molecule has 0 fully saturated rings. The maximum atomic E-state index is 11.5. The Hall–Kier alpha value is -2.10. The molecule has 0 spiro atoms. The van der Waals surface area contributed by atoms with E-state index in [1.54, 1.807) is 6.07 Å². The van der Waals surface area contributed by atoms with Gasteiger partial charge in [-0.1, -0.05) is 0 Å². The van der Waals surface area contributed by atoms with Gasteiger partial charge in [0.2, 0.25) is 5.78 Å². The summed E-state index contributed by atoms with van der Waals surface area (Å²) in [5, 5.41) is 0. The summed E-state index contributed by atoms with van der Waals surface area (Å²) in [4.78, 5) is 23.0. The Morgan fingerprint density at radius 1 is 1.13 bits per heavy atom. The van der Waals surface area contributed by atoms with Gasteiger partial charge in [-0.25, -0.2) is 0 Å². The van der Waals surface area contributed by atoms with Crippen LogP contribution in [0.25, 0.3) is 0 Å². The number of ketones is 2. The smallest absolute Gasteiger partial charge is 0.205 e. The normalized spacial score (nSPS) is 10.1. The number of carbonyl (C=O) groups is 2. The molecular weight excluding hydrogens is 196 g/mol. The molecule has 0 aromatic carbocycles. The zero-order valence-electron chi connectivity index (χ0n) is 7.80. The summed E-state index contributed by atoms with van der Waals surface area (Å²) in [7, 11) is 0. The summed E-state index contributed by atoms with van der Waals surface area (Å²) in [5.41, 5.74) is 0.398. The molecule has 0 bridgehead atoms. The molecule has 0 saturated carbocycles. The van der Waals surface area contributed by atoms with Crippen LogP contribution in [-0.4, -0.2) is 11.6 Å². The average molecular weight is 204 g/mol. The molecule has 0 N–H and O–H groups in total. The van der Waals surface area contributed by atoms with Crippen LogP contribution in [0, 0.1) is 0 Å². The van der Waals surface area contributed by atoms with Gasteiger partial charge in [0.05, 0.1) is 24.5 Å². The summed E-state index contributed by atoms with van der Waals surface area (Å²) in [6.45, 7) is 0. The van der Waals surface area contributed by atoms with Gasteiger partial charge in [-0.3, -0.25) is 9.59 Å². The fraction of sp³-hybridized carbons (Fsp3) is 0.0909. The van der Waals surface area contributed by atoms with Gasteiger partial charge in [-0.05, 0) is 18.2 Å². The molecule has 0 atom stereocenters. The van der Waals surface area contributed by atoms with Gasteiger partial charge in [-0.2, -0.15) is 0 Å². The van der Waals surface area contributed by atoms with Crippen LogP contribution in [0.2, 0.25) is 0 Å². The minimum Gasteiger partial charge on any atom is -0.472 e. The maximum Gasteiger partial charge on any atom is 0.205 e. The van der Waals surface area contributed by atoms with Crippen molar-refractivity contribution in [2.75, 3.05) is 0 Å². The third kappa shape index (κ3) is 2.04. The van der Waals surface area contributed by atoms with E-state index in [9.17, 15) is 9.59 Å². The van der Waals surface area contributed by atoms with E-state index >= 15 is 0 Å². The number of hydrogen-bond acceptors (Lipinski definition) is 4. The molecule has 4 heteroatoms. The van der Waals surface area contributed by atoms with E-state index in [4.69, 9.17) is 8.83 Å². The summed E-state index contributed by atoms with van der Waals surface area (Å²) in [6, 6.07) is 4.66. The molecule has 0 saturated heterocycles. The van der Waals surface area contributed by atoms with E-state index in [2.05, 4.69) is 0 Å². The lowest BCUT2D eigenvalue weighted by Gasteiger charge is -1.94. The van der Waals surface area contributed by atoms with Crippen molar-refractivity contribution >= 4 is 11.6 Å². The van der Waals surface area contributed by atoms with E-state index in [0.29, 0.717) is 5.56 Å². The molecular formula is C11H8O4. The largest absolute Gasteiger partial charge is 0.472 e. The van der Waals surface area contributed by atoms with Crippen molar-refractivity contribution in [3.05, 3.63) is 48.3 Å². The van der Waals surface area contributed by atoms with Gasteiger partial charge in [0, 0.05) is 0 Å². The summed E-state index contributed by atoms with van der Waals surface area (Å²) >= 11 is 0. The Morgan fingerprint density at radius 3 is 2.60 bits per heavy atom. The highest BCUT2D eigenvalue weighted by atomic mass is 16.3. The topological polar surface area (TPSA) is 60.4 Å². The maximum absolute atomic E-state index is 11.5.